The van der Waals surface area contributed by atoms with Crippen molar-refractivity contribution in [2.75, 3.05) is 18.5 Å². The molecule has 0 radical (unpaired) electrons. The van der Waals surface area contributed by atoms with Crippen LogP contribution in [0.4, 0.5) is 10.2 Å². The van der Waals surface area contributed by atoms with Crippen LogP contribution >= 0.6 is 0 Å². The van der Waals surface area contributed by atoms with E-state index >= 15 is 4.39 Å². The third kappa shape index (κ3) is 2.58. The van der Waals surface area contributed by atoms with Crippen molar-refractivity contribution >= 4 is 17.2 Å². The molecule has 146 valence electrons. The number of amides is 1. The van der Waals surface area contributed by atoms with Crippen molar-refractivity contribution in [3.8, 4) is 11.3 Å². The summed E-state index contributed by atoms with van der Waals surface area (Å²) in [7, 11) is 1.92. The largest absolute Gasteiger partial charge is 0.380 e. The number of hydrogen-bond donors (Lipinski definition) is 3. The summed E-state index contributed by atoms with van der Waals surface area (Å²) in [4.78, 5) is 16.9. The van der Waals surface area contributed by atoms with E-state index in [2.05, 4.69) is 15.6 Å². The van der Waals surface area contributed by atoms with E-state index in [1.807, 2.05) is 40.8 Å². The van der Waals surface area contributed by atoms with Gasteiger partial charge in [-0.05, 0) is 18.6 Å². The van der Waals surface area contributed by atoms with Gasteiger partial charge >= 0.3 is 0 Å². The SMILES string of the molecule is Cn1ccc2cc(-c3nc(NC4CCOCC4N)c(F)c4c3C(=O)NC4)cn21. The topological polar surface area (TPSA) is 98.6 Å². The summed E-state index contributed by atoms with van der Waals surface area (Å²) in [5.41, 5.74) is 8.95. The van der Waals surface area contributed by atoms with Crippen LogP contribution < -0.4 is 16.4 Å². The van der Waals surface area contributed by atoms with Crippen molar-refractivity contribution in [2.45, 2.75) is 25.0 Å². The molecule has 9 heteroatoms. The lowest BCUT2D eigenvalue weighted by atomic mass is 10.0. The highest BCUT2D eigenvalue weighted by atomic mass is 19.1. The molecule has 0 saturated carbocycles. The number of anilines is 1. The normalized spacial score (nSPS) is 21.8. The van der Waals surface area contributed by atoms with E-state index in [1.165, 1.54) is 0 Å². The number of hydrogen-bond acceptors (Lipinski definition) is 5. The number of pyridine rings is 1. The average molecular weight is 384 g/mol. The zero-order valence-electron chi connectivity index (χ0n) is 15.4. The van der Waals surface area contributed by atoms with Gasteiger partial charge in [-0.2, -0.15) is 0 Å². The molecule has 0 spiro atoms. The lowest BCUT2D eigenvalue weighted by Crippen LogP contribution is -2.48. The second-order valence-electron chi connectivity index (χ2n) is 7.33. The Morgan fingerprint density at radius 2 is 2.32 bits per heavy atom. The Kier molecular flexibility index (Phi) is 3.88. The summed E-state index contributed by atoms with van der Waals surface area (Å²) >= 11 is 0. The van der Waals surface area contributed by atoms with E-state index in [9.17, 15) is 4.79 Å². The number of fused-ring (bicyclic) bond motifs is 2. The number of carbonyl (C=O) groups is 1. The number of nitrogens with two attached hydrogens (primary N) is 1. The molecular weight excluding hydrogens is 363 g/mol. The number of nitrogens with one attached hydrogen (secondary N) is 2. The molecule has 2 aliphatic heterocycles. The van der Waals surface area contributed by atoms with E-state index in [-0.39, 0.29) is 30.4 Å². The van der Waals surface area contributed by atoms with Crippen molar-refractivity contribution in [2.24, 2.45) is 12.8 Å². The molecule has 1 amide bonds. The Morgan fingerprint density at radius 1 is 1.46 bits per heavy atom. The van der Waals surface area contributed by atoms with E-state index in [0.29, 0.717) is 36.5 Å². The van der Waals surface area contributed by atoms with E-state index < -0.39 is 5.82 Å². The average Bonchev–Trinajstić information content (AvgIpc) is 3.36. The zero-order chi connectivity index (χ0) is 19.4. The second kappa shape index (κ2) is 6.32. The first kappa shape index (κ1) is 17.2. The van der Waals surface area contributed by atoms with Crippen molar-refractivity contribution < 1.29 is 13.9 Å². The Bertz CT molecular complexity index is 1090. The molecule has 4 N–H and O–H groups in total. The molecule has 0 aromatic carbocycles. The van der Waals surface area contributed by atoms with E-state index in [4.69, 9.17) is 10.5 Å². The number of rotatable bonds is 3. The minimum atomic E-state index is -0.500. The maximum atomic E-state index is 15.1. The Hall–Kier alpha value is -2.91. The highest BCUT2D eigenvalue weighted by Gasteiger charge is 2.32. The van der Waals surface area contributed by atoms with Gasteiger partial charge in [0.25, 0.3) is 5.91 Å². The predicted octanol–water partition coefficient (Wildman–Crippen LogP) is 1.25. The fraction of sp³-hybridized carbons (Fsp3) is 0.368. The monoisotopic (exact) mass is 384 g/mol. The van der Waals surface area contributed by atoms with Gasteiger partial charge in [-0.15, -0.1) is 0 Å². The van der Waals surface area contributed by atoms with Crippen LogP contribution in [-0.4, -0.2) is 45.4 Å². The summed E-state index contributed by atoms with van der Waals surface area (Å²) in [5.74, 6) is -0.677. The van der Waals surface area contributed by atoms with Crippen LogP contribution in [0.2, 0.25) is 0 Å². The molecule has 1 fully saturated rings. The summed E-state index contributed by atoms with van der Waals surface area (Å²) in [5, 5.41) is 5.86. The van der Waals surface area contributed by atoms with Gasteiger partial charge in [-0.3, -0.25) is 14.0 Å². The maximum Gasteiger partial charge on any atom is 0.254 e. The lowest BCUT2D eigenvalue weighted by Gasteiger charge is -2.30. The first-order valence-electron chi connectivity index (χ1n) is 9.27. The molecule has 1 saturated heterocycles. The van der Waals surface area contributed by atoms with Crippen molar-refractivity contribution in [1.29, 1.82) is 0 Å². The summed E-state index contributed by atoms with van der Waals surface area (Å²) < 4.78 is 24.4. The summed E-state index contributed by atoms with van der Waals surface area (Å²) in [6, 6.07) is 3.52. The lowest BCUT2D eigenvalue weighted by molar-refractivity contribution is 0.0751. The van der Waals surface area contributed by atoms with Crippen LogP contribution in [0.25, 0.3) is 16.8 Å². The highest BCUT2D eigenvalue weighted by molar-refractivity contribution is 6.04. The molecule has 2 atom stereocenters. The van der Waals surface area contributed by atoms with Crippen LogP contribution in [-0.2, 0) is 18.3 Å². The Morgan fingerprint density at radius 3 is 3.11 bits per heavy atom. The third-order valence-electron chi connectivity index (χ3n) is 5.51. The first-order chi connectivity index (χ1) is 13.5. The number of halogens is 1. The van der Waals surface area contributed by atoms with Crippen molar-refractivity contribution in [3.05, 3.63) is 41.5 Å². The molecule has 8 nitrogen and oxygen atoms in total. The fourth-order valence-electron chi connectivity index (χ4n) is 3.95. The minimum absolute atomic E-state index is 0.128. The Labute approximate surface area is 160 Å². The van der Waals surface area contributed by atoms with E-state index in [1.54, 1.807) is 0 Å². The first-order valence-corrected chi connectivity index (χ1v) is 9.27. The van der Waals surface area contributed by atoms with Crippen LogP contribution in [0.15, 0.2) is 24.5 Å². The van der Waals surface area contributed by atoms with Crippen LogP contribution in [0.3, 0.4) is 0 Å². The third-order valence-corrected chi connectivity index (χ3v) is 5.51. The second-order valence-corrected chi connectivity index (χ2v) is 7.33. The van der Waals surface area contributed by atoms with Crippen LogP contribution in [0, 0.1) is 5.82 Å². The number of aromatic nitrogens is 3. The van der Waals surface area contributed by atoms with Gasteiger partial charge in [0.15, 0.2) is 11.6 Å². The molecule has 28 heavy (non-hydrogen) atoms. The highest BCUT2D eigenvalue weighted by Crippen LogP contribution is 2.34. The quantitative estimate of drug-likeness (QED) is 0.631. The Balaban J connectivity index is 1.63. The van der Waals surface area contributed by atoms with Gasteiger partial charge in [0, 0.05) is 55.8 Å². The molecule has 2 unspecified atom stereocenters. The van der Waals surface area contributed by atoms with Gasteiger partial charge in [-0.25, -0.2) is 9.37 Å². The molecule has 2 aliphatic rings. The molecular formula is C19H21FN6O2. The van der Waals surface area contributed by atoms with E-state index in [0.717, 1.165) is 11.1 Å². The summed E-state index contributed by atoms with van der Waals surface area (Å²) in [6.45, 7) is 1.13. The number of nitrogens with zero attached hydrogens (tertiary/aromatic N) is 3. The predicted molar refractivity (Wildman–Crippen MR) is 102 cm³/mol. The molecule has 0 aliphatic carbocycles. The van der Waals surface area contributed by atoms with Gasteiger partial charge in [-0.1, -0.05) is 0 Å². The number of carbonyl (C=O) groups excluding carboxylic acids is 1. The smallest absolute Gasteiger partial charge is 0.254 e. The maximum absolute atomic E-state index is 15.1. The molecule has 3 aromatic heterocycles. The van der Waals surface area contributed by atoms with Crippen molar-refractivity contribution in [1.82, 2.24) is 19.5 Å². The zero-order valence-corrected chi connectivity index (χ0v) is 15.4. The van der Waals surface area contributed by atoms with Gasteiger partial charge in [0.05, 0.1) is 23.4 Å². The van der Waals surface area contributed by atoms with Crippen molar-refractivity contribution in [3.63, 3.8) is 0 Å². The van der Waals surface area contributed by atoms with Gasteiger partial charge in [0.2, 0.25) is 0 Å². The number of aryl methyl sites for hydroxylation is 1. The minimum Gasteiger partial charge on any atom is -0.380 e. The molecule has 5 rings (SSSR count). The molecule has 3 aromatic rings. The van der Waals surface area contributed by atoms with Gasteiger partial charge < -0.3 is 21.1 Å². The molecule has 0 bridgehead atoms. The molecule has 5 heterocycles. The van der Waals surface area contributed by atoms with Crippen LogP contribution in [0.1, 0.15) is 22.3 Å². The van der Waals surface area contributed by atoms with Gasteiger partial charge in [0.1, 0.15) is 0 Å². The number of ether oxygens (including phenoxy) is 1. The summed E-state index contributed by atoms with van der Waals surface area (Å²) in [6.07, 6.45) is 4.50. The standard InChI is InChI=1S/C19H21FN6O2/c1-25-4-2-11-6-10(8-26(11)25)17-15-12(7-22-19(15)27)16(20)18(24-17)23-14-3-5-28-9-13(14)21/h2,4,6,8,13-14H,3,5,7,9,21H2,1H3,(H,22,27)(H,23,24). The fourth-order valence-corrected chi connectivity index (χ4v) is 3.95. The van der Waals surface area contributed by atoms with Crippen LogP contribution in [0.5, 0.6) is 0 Å².